The second-order valence-electron chi connectivity index (χ2n) is 5.05. The number of fused-ring (bicyclic) bond motifs is 1. The summed E-state index contributed by atoms with van der Waals surface area (Å²) in [4.78, 5) is 4.47. The maximum absolute atomic E-state index is 4.47. The molecule has 20 heavy (non-hydrogen) atoms. The minimum atomic E-state index is 0.165. The van der Waals surface area contributed by atoms with Crippen molar-refractivity contribution in [2.24, 2.45) is 14.1 Å². The molecule has 0 bridgehead atoms. The van der Waals surface area contributed by atoms with Crippen molar-refractivity contribution < 1.29 is 0 Å². The first-order valence-corrected chi connectivity index (χ1v) is 6.60. The Kier molecular flexibility index (Phi) is 2.93. The average Bonchev–Trinajstić information content (AvgIpc) is 2.95. The van der Waals surface area contributed by atoms with Crippen molar-refractivity contribution in [3.8, 4) is 0 Å². The first-order valence-electron chi connectivity index (χ1n) is 6.60. The van der Waals surface area contributed by atoms with E-state index in [4.69, 9.17) is 0 Å². The molecule has 0 fully saturated rings. The fourth-order valence-electron chi connectivity index (χ4n) is 2.52. The molecule has 3 aromatic heterocycles. The van der Waals surface area contributed by atoms with Gasteiger partial charge in [-0.1, -0.05) is 0 Å². The largest absolute Gasteiger partial charge is 0.376 e. The molecule has 104 valence electrons. The summed E-state index contributed by atoms with van der Waals surface area (Å²) < 4.78 is 3.68. The molecule has 0 saturated carbocycles. The zero-order chi connectivity index (χ0) is 14.3. The molecular weight excluding hydrogens is 252 g/mol. The van der Waals surface area contributed by atoms with Gasteiger partial charge in [-0.05, 0) is 26.0 Å². The van der Waals surface area contributed by atoms with E-state index < -0.39 is 0 Å². The Morgan fingerprint density at radius 3 is 2.75 bits per heavy atom. The molecule has 3 heterocycles. The van der Waals surface area contributed by atoms with Crippen LogP contribution in [0.5, 0.6) is 0 Å². The third-order valence-electron chi connectivity index (χ3n) is 3.55. The molecule has 0 aliphatic carbocycles. The lowest BCUT2D eigenvalue weighted by Gasteiger charge is -2.15. The van der Waals surface area contributed by atoms with Crippen LogP contribution >= 0.6 is 0 Å². The highest BCUT2D eigenvalue weighted by Gasteiger charge is 2.11. The van der Waals surface area contributed by atoms with Crippen molar-refractivity contribution in [1.29, 1.82) is 0 Å². The van der Waals surface area contributed by atoms with Crippen LogP contribution in [-0.4, -0.2) is 24.5 Å². The Morgan fingerprint density at radius 2 is 2.05 bits per heavy atom. The number of pyridine rings is 1. The highest BCUT2D eigenvalue weighted by molar-refractivity contribution is 5.81. The number of nitrogens with zero attached hydrogens (tertiary/aromatic N) is 5. The molecule has 0 spiro atoms. The Labute approximate surface area is 117 Å². The van der Waals surface area contributed by atoms with Gasteiger partial charge in [-0.15, -0.1) is 0 Å². The van der Waals surface area contributed by atoms with E-state index in [9.17, 15) is 0 Å². The summed E-state index contributed by atoms with van der Waals surface area (Å²) in [6.07, 6.45) is 3.65. The summed E-state index contributed by atoms with van der Waals surface area (Å²) in [5.41, 5.74) is 4.02. The van der Waals surface area contributed by atoms with Gasteiger partial charge in [0.15, 0.2) is 5.65 Å². The first kappa shape index (κ1) is 12.7. The molecule has 3 aromatic rings. The van der Waals surface area contributed by atoms with Crippen molar-refractivity contribution in [3.05, 3.63) is 35.9 Å². The van der Waals surface area contributed by atoms with Crippen LogP contribution in [0.2, 0.25) is 0 Å². The van der Waals surface area contributed by atoms with Crippen LogP contribution in [0.1, 0.15) is 24.4 Å². The second kappa shape index (κ2) is 4.63. The Balaban J connectivity index is 1.91. The van der Waals surface area contributed by atoms with Gasteiger partial charge in [0.1, 0.15) is 0 Å². The molecule has 6 nitrogen and oxygen atoms in total. The number of rotatable bonds is 3. The highest BCUT2D eigenvalue weighted by atomic mass is 15.3. The molecule has 1 N–H and O–H groups in total. The van der Waals surface area contributed by atoms with E-state index in [1.165, 1.54) is 0 Å². The average molecular weight is 270 g/mol. The Hall–Kier alpha value is -2.37. The van der Waals surface area contributed by atoms with E-state index >= 15 is 0 Å². The standard InChI is InChI=1S/C14H18N6/c1-9-12-7-11(8-15-14(12)20(4)18-9)17-10(2)13-5-6-16-19(13)3/h5-8,10,17H,1-4H3. The van der Waals surface area contributed by atoms with Crippen molar-refractivity contribution in [2.75, 3.05) is 5.32 Å². The van der Waals surface area contributed by atoms with Crippen LogP contribution in [0.25, 0.3) is 11.0 Å². The molecule has 3 rings (SSSR count). The predicted octanol–water partition coefficient (Wildman–Crippen LogP) is 2.18. The molecule has 1 atom stereocenters. The van der Waals surface area contributed by atoms with Gasteiger partial charge < -0.3 is 5.32 Å². The zero-order valence-corrected chi connectivity index (χ0v) is 12.1. The predicted molar refractivity (Wildman–Crippen MR) is 78.5 cm³/mol. The van der Waals surface area contributed by atoms with Crippen LogP contribution < -0.4 is 5.32 Å². The minimum Gasteiger partial charge on any atom is -0.376 e. The molecule has 0 aliphatic rings. The molecule has 0 amide bonds. The molecule has 6 heteroatoms. The van der Waals surface area contributed by atoms with Gasteiger partial charge in [0, 0.05) is 25.7 Å². The van der Waals surface area contributed by atoms with E-state index in [1.54, 1.807) is 10.9 Å². The van der Waals surface area contributed by atoms with E-state index in [2.05, 4.69) is 33.5 Å². The van der Waals surface area contributed by atoms with E-state index in [1.807, 2.05) is 38.0 Å². The van der Waals surface area contributed by atoms with E-state index in [-0.39, 0.29) is 6.04 Å². The van der Waals surface area contributed by atoms with Crippen molar-refractivity contribution >= 4 is 16.7 Å². The van der Waals surface area contributed by atoms with Crippen molar-refractivity contribution in [1.82, 2.24) is 24.5 Å². The summed E-state index contributed by atoms with van der Waals surface area (Å²) >= 11 is 0. The van der Waals surface area contributed by atoms with Gasteiger partial charge in [0.05, 0.1) is 29.3 Å². The summed E-state index contributed by atoms with van der Waals surface area (Å²) in [6, 6.07) is 4.27. The fraction of sp³-hybridized carbons (Fsp3) is 0.357. The van der Waals surface area contributed by atoms with Crippen molar-refractivity contribution in [3.63, 3.8) is 0 Å². The normalized spacial score (nSPS) is 12.8. The van der Waals surface area contributed by atoms with Crippen LogP contribution in [0.3, 0.4) is 0 Å². The number of nitrogens with one attached hydrogen (secondary N) is 1. The summed E-state index contributed by atoms with van der Waals surface area (Å²) in [6.45, 7) is 4.11. The molecule has 0 saturated heterocycles. The van der Waals surface area contributed by atoms with Crippen molar-refractivity contribution in [2.45, 2.75) is 19.9 Å². The lowest BCUT2D eigenvalue weighted by Crippen LogP contribution is -2.11. The lowest BCUT2D eigenvalue weighted by molar-refractivity contribution is 0.675. The lowest BCUT2D eigenvalue weighted by atomic mass is 10.2. The number of anilines is 1. The summed E-state index contributed by atoms with van der Waals surface area (Å²) in [5.74, 6) is 0. The molecule has 0 radical (unpaired) electrons. The SMILES string of the molecule is Cc1nn(C)c2ncc(NC(C)c3ccnn3C)cc12. The maximum Gasteiger partial charge on any atom is 0.157 e. The smallest absolute Gasteiger partial charge is 0.157 e. The topological polar surface area (TPSA) is 60.6 Å². The Bertz CT molecular complexity index is 754. The Morgan fingerprint density at radius 1 is 1.25 bits per heavy atom. The van der Waals surface area contributed by atoms with Gasteiger partial charge in [-0.25, -0.2) is 4.98 Å². The zero-order valence-electron chi connectivity index (χ0n) is 12.1. The van der Waals surface area contributed by atoms with Crippen LogP contribution in [-0.2, 0) is 14.1 Å². The van der Waals surface area contributed by atoms with E-state index in [0.717, 1.165) is 28.1 Å². The highest BCUT2D eigenvalue weighted by Crippen LogP contribution is 2.22. The molecule has 0 aliphatic heterocycles. The van der Waals surface area contributed by atoms with Crippen LogP contribution in [0.4, 0.5) is 5.69 Å². The minimum absolute atomic E-state index is 0.165. The number of aromatic nitrogens is 5. The van der Waals surface area contributed by atoms with Crippen LogP contribution in [0, 0.1) is 6.92 Å². The number of aryl methyl sites for hydroxylation is 3. The summed E-state index contributed by atoms with van der Waals surface area (Å²) in [7, 11) is 3.86. The van der Waals surface area contributed by atoms with Gasteiger partial charge >= 0.3 is 0 Å². The molecule has 1 unspecified atom stereocenters. The third kappa shape index (κ3) is 2.03. The fourth-order valence-corrected chi connectivity index (χ4v) is 2.52. The van der Waals surface area contributed by atoms with Crippen LogP contribution in [0.15, 0.2) is 24.5 Å². The van der Waals surface area contributed by atoms with E-state index in [0.29, 0.717) is 0 Å². The second-order valence-corrected chi connectivity index (χ2v) is 5.05. The van der Waals surface area contributed by atoms with Gasteiger partial charge in [-0.2, -0.15) is 10.2 Å². The van der Waals surface area contributed by atoms with Gasteiger partial charge in [0.2, 0.25) is 0 Å². The quantitative estimate of drug-likeness (QED) is 0.792. The number of hydrogen-bond acceptors (Lipinski definition) is 4. The van der Waals surface area contributed by atoms with Gasteiger partial charge in [0.25, 0.3) is 0 Å². The number of hydrogen-bond donors (Lipinski definition) is 1. The summed E-state index contributed by atoms with van der Waals surface area (Å²) in [5, 5.41) is 13.1. The monoisotopic (exact) mass is 270 g/mol. The molecular formula is C14H18N6. The molecule has 0 aromatic carbocycles. The third-order valence-corrected chi connectivity index (χ3v) is 3.55. The maximum atomic E-state index is 4.47. The van der Waals surface area contributed by atoms with Gasteiger partial charge in [-0.3, -0.25) is 9.36 Å². The first-order chi connectivity index (χ1) is 9.56.